The Labute approximate surface area is 176 Å². The summed E-state index contributed by atoms with van der Waals surface area (Å²) in [5, 5.41) is 15.7. The Balaban J connectivity index is 1.31. The molecule has 28 heavy (non-hydrogen) atoms. The molecule has 0 radical (unpaired) electrons. The summed E-state index contributed by atoms with van der Waals surface area (Å²) >= 11 is 8.62. The fraction of sp³-hybridized carbons (Fsp3) is 0.211. The maximum Gasteiger partial charge on any atom is 0.230 e. The summed E-state index contributed by atoms with van der Waals surface area (Å²) in [5.41, 5.74) is 1.17. The monoisotopic (exact) mass is 434 g/mol. The van der Waals surface area contributed by atoms with Crippen molar-refractivity contribution in [2.24, 2.45) is 0 Å². The van der Waals surface area contributed by atoms with Crippen LogP contribution in [0.4, 0.5) is 5.13 Å². The molecule has 0 bridgehead atoms. The van der Waals surface area contributed by atoms with Gasteiger partial charge in [0.25, 0.3) is 0 Å². The molecule has 1 aromatic heterocycles. The third-order valence-electron chi connectivity index (χ3n) is 3.53. The highest BCUT2D eigenvalue weighted by atomic mass is 35.5. The highest BCUT2D eigenvalue weighted by Crippen LogP contribution is 2.25. The number of carbonyl (C=O) groups is 1. The second-order valence-electron chi connectivity index (χ2n) is 5.65. The topological polar surface area (TPSA) is 76.1 Å². The van der Waals surface area contributed by atoms with Crippen molar-refractivity contribution in [3.8, 4) is 5.75 Å². The first-order chi connectivity index (χ1) is 13.7. The zero-order valence-corrected chi connectivity index (χ0v) is 17.3. The van der Waals surface area contributed by atoms with Crippen LogP contribution in [0.15, 0.2) is 58.9 Å². The van der Waals surface area contributed by atoms with Crippen molar-refractivity contribution >= 4 is 45.7 Å². The van der Waals surface area contributed by atoms with Gasteiger partial charge < -0.3 is 15.4 Å². The van der Waals surface area contributed by atoms with Crippen LogP contribution in [0.2, 0.25) is 5.02 Å². The maximum atomic E-state index is 11.9. The minimum absolute atomic E-state index is 0.0706. The molecule has 0 atom stereocenters. The van der Waals surface area contributed by atoms with Crippen LogP contribution in [-0.4, -0.2) is 35.0 Å². The molecule has 0 aliphatic carbocycles. The zero-order chi connectivity index (χ0) is 19.6. The molecule has 2 N–H and O–H groups in total. The number of thioether (sulfide) groups is 1. The third kappa shape index (κ3) is 7.03. The largest absolute Gasteiger partial charge is 0.492 e. The average Bonchev–Trinajstić information content (AvgIpc) is 3.18. The molecular weight excluding hydrogens is 416 g/mol. The quantitative estimate of drug-likeness (QED) is 0.369. The first kappa shape index (κ1) is 20.4. The Hall–Kier alpha value is -2.29. The number of rotatable bonds is 10. The van der Waals surface area contributed by atoms with Crippen LogP contribution in [0.3, 0.4) is 0 Å². The molecule has 9 heteroatoms. The van der Waals surface area contributed by atoms with Gasteiger partial charge in [0, 0.05) is 11.6 Å². The molecule has 6 nitrogen and oxygen atoms in total. The van der Waals surface area contributed by atoms with Crippen molar-refractivity contribution in [2.75, 3.05) is 24.2 Å². The SMILES string of the molecule is O=C(CSc1nnc(NCc2ccccc2)s1)NCCOc1ccc(Cl)cc1. The van der Waals surface area contributed by atoms with Gasteiger partial charge in [-0.15, -0.1) is 10.2 Å². The maximum absolute atomic E-state index is 11.9. The molecule has 2 aromatic carbocycles. The van der Waals surface area contributed by atoms with E-state index in [1.165, 1.54) is 28.7 Å². The van der Waals surface area contributed by atoms with Crippen molar-refractivity contribution in [3.05, 3.63) is 65.2 Å². The van der Waals surface area contributed by atoms with Crippen LogP contribution in [0.25, 0.3) is 0 Å². The number of benzene rings is 2. The van der Waals surface area contributed by atoms with E-state index in [2.05, 4.69) is 20.8 Å². The lowest BCUT2D eigenvalue weighted by Gasteiger charge is -2.07. The normalized spacial score (nSPS) is 10.5. The number of halogens is 1. The van der Waals surface area contributed by atoms with E-state index in [4.69, 9.17) is 16.3 Å². The number of carbonyl (C=O) groups excluding carboxylic acids is 1. The Morgan fingerprint density at radius 2 is 1.89 bits per heavy atom. The summed E-state index contributed by atoms with van der Waals surface area (Å²) in [6.45, 7) is 1.51. The summed E-state index contributed by atoms with van der Waals surface area (Å²) < 4.78 is 6.29. The lowest BCUT2D eigenvalue weighted by Crippen LogP contribution is -2.29. The molecule has 3 rings (SSSR count). The fourth-order valence-corrected chi connectivity index (χ4v) is 3.89. The number of nitrogens with zero attached hydrogens (tertiary/aromatic N) is 2. The van der Waals surface area contributed by atoms with E-state index < -0.39 is 0 Å². The van der Waals surface area contributed by atoms with Crippen LogP contribution < -0.4 is 15.4 Å². The Kier molecular flexibility index (Phi) is 7.95. The lowest BCUT2D eigenvalue weighted by molar-refractivity contribution is -0.118. The highest BCUT2D eigenvalue weighted by molar-refractivity contribution is 8.01. The molecule has 1 amide bonds. The van der Waals surface area contributed by atoms with E-state index in [9.17, 15) is 4.79 Å². The molecule has 146 valence electrons. The predicted octanol–water partition coefficient (Wildman–Crippen LogP) is 4.09. The van der Waals surface area contributed by atoms with Crippen molar-refractivity contribution in [2.45, 2.75) is 10.9 Å². The van der Waals surface area contributed by atoms with Crippen LogP contribution in [0, 0.1) is 0 Å². The van der Waals surface area contributed by atoms with Crippen LogP contribution in [0.1, 0.15) is 5.56 Å². The van der Waals surface area contributed by atoms with E-state index in [1.54, 1.807) is 24.3 Å². The van der Waals surface area contributed by atoms with Gasteiger partial charge in [-0.3, -0.25) is 4.79 Å². The zero-order valence-electron chi connectivity index (χ0n) is 14.9. The highest BCUT2D eigenvalue weighted by Gasteiger charge is 2.08. The molecular formula is C19H19ClN4O2S2. The molecule has 1 heterocycles. The molecule has 3 aromatic rings. The van der Waals surface area contributed by atoms with Crippen molar-refractivity contribution in [1.82, 2.24) is 15.5 Å². The predicted molar refractivity (Wildman–Crippen MR) is 114 cm³/mol. The van der Waals surface area contributed by atoms with Gasteiger partial charge in [-0.2, -0.15) is 0 Å². The molecule has 0 spiro atoms. The summed E-state index contributed by atoms with van der Waals surface area (Å²) in [4.78, 5) is 11.9. The molecule has 0 saturated heterocycles. The standard InChI is InChI=1S/C19H19ClN4O2S2/c20-15-6-8-16(9-7-15)26-11-10-21-17(25)13-27-19-24-23-18(28-19)22-12-14-4-2-1-3-5-14/h1-9H,10-13H2,(H,21,25)(H,22,23). The van der Waals surface area contributed by atoms with Crippen molar-refractivity contribution < 1.29 is 9.53 Å². The van der Waals surface area contributed by atoms with Gasteiger partial charge in [-0.05, 0) is 29.8 Å². The number of ether oxygens (including phenoxy) is 1. The van der Waals surface area contributed by atoms with Gasteiger partial charge >= 0.3 is 0 Å². The van der Waals surface area contributed by atoms with Crippen molar-refractivity contribution in [3.63, 3.8) is 0 Å². The minimum Gasteiger partial charge on any atom is -0.492 e. The summed E-state index contributed by atoms with van der Waals surface area (Å²) in [7, 11) is 0. The summed E-state index contributed by atoms with van der Waals surface area (Å²) in [6, 6.07) is 17.2. The number of amides is 1. The lowest BCUT2D eigenvalue weighted by atomic mass is 10.2. The van der Waals surface area contributed by atoms with Gasteiger partial charge in [-0.1, -0.05) is 65.0 Å². The van der Waals surface area contributed by atoms with Gasteiger partial charge in [0.1, 0.15) is 12.4 Å². The Morgan fingerprint density at radius 3 is 2.68 bits per heavy atom. The van der Waals surface area contributed by atoms with E-state index in [-0.39, 0.29) is 11.7 Å². The van der Waals surface area contributed by atoms with E-state index in [0.717, 1.165) is 15.2 Å². The van der Waals surface area contributed by atoms with Gasteiger partial charge in [0.05, 0.1) is 12.3 Å². The smallest absolute Gasteiger partial charge is 0.230 e. The van der Waals surface area contributed by atoms with Crippen LogP contribution >= 0.6 is 34.7 Å². The Morgan fingerprint density at radius 1 is 1.11 bits per heavy atom. The van der Waals surface area contributed by atoms with E-state index in [1.807, 2.05) is 30.3 Å². The number of hydrogen-bond donors (Lipinski definition) is 2. The molecule has 0 fully saturated rings. The van der Waals surface area contributed by atoms with Gasteiger partial charge in [0.15, 0.2) is 4.34 Å². The number of hydrogen-bond acceptors (Lipinski definition) is 7. The molecule has 0 aliphatic rings. The average molecular weight is 435 g/mol. The Bertz CT molecular complexity index is 875. The van der Waals surface area contributed by atoms with E-state index in [0.29, 0.717) is 24.7 Å². The molecule has 0 saturated carbocycles. The number of anilines is 1. The first-order valence-corrected chi connectivity index (χ1v) is 10.8. The van der Waals surface area contributed by atoms with E-state index >= 15 is 0 Å². The second-order valence-corrected chi connectivity index (χ2v) is 8.29. The summed E-state index contributed by atoms with van der Waals surface area (Å²) in [6.07, 6.45) is 0. The van der Waals surface area contributed by atoms with Crippen molar-refractivity contribution in [1.29, 1.82) is 0 Å². The second kappa shape index (κ2) is 10.9. The van der Waals surface area contributed by atoms with Crippen LogP contribution in [0.5, 0.6) is 5.75 Å². The van der Waals surface area contributed by atoms with Crippen LogP contribution in [-0.2, 0) is 11.3 Å². The number of nitrogens with one attached hydrogen (secondary N) is 2. The minimum atomic E-state index is -0.0706. The third-order valence-corrected chi connectivity index (χ3v) is 5.79. The number of aromatic nitrogens is 2. The molecule has 0 aliphatic heterocycles. The summed E-state index contributed by atoms with van der Waals surface area (Å²) in [5.74, 6) is 0.935. The molecule has 0 unspecified atom stereocenters. The van der Waals surface area contributed by atoms with Gasteiger partial charge in [-0.25, -0.2) is 0 Å². The fourth-order valence-electron chi connectivity index (χ4n) is 2.18. The van der Waals surface area contributed by atoms with Gasteiger partial charge in [0.2, 0.25) is 11.0 Å². The first-order valence-electron chi connectivity index (χ1n) is 8.58.